The van der Waals surface area contributed by atoms with Gasteiger partial charge in [0.25, 0.3) is 5.91 Å². The van der Waals surface area contributed by atoms with Gasteiger partial charge in [-0.05, 0) is 55.2 Å². The van der Waals surface area contributed by atoms with Crippen LogP contribution in [0.3, 0.4) is 0 Å². The van der Waals surface area contributed by atoms with Crippen molar-refractivity contribution in [1.82, 2.24) is 10.3 Å². The van der Waals surface area contributed by atoms with Crippen molar-refractivity contribution in [2.75, 3.05) is 12.4 Å². The number of benzene rings is 2. The molecule has 2 aromatic carbocycles. The molecular weight excluding hydrogens is 362 g/mol. The Bertz CT molecular complexity index is 1000. The molecule has 1 aliphatic rings. The second-order valence-electron chi connectivity index (χ2n) is 7.77. The first-order chi connectivity index (χ1) is 14.1. The van der Waals surface area contributed by atoms with Crippen molar-refractivity contribution in [2.45, 2.75) is 38.6 Å². The summed E-state index contributed by atoms with van der Waals surface area (Å²) in [4.78, 5) is 17.9. The van der Waals surface area contributed by atoms with E-state index in [4.69, 9.17) is 9.72 Å². The van der Waals surface area contributed by atoms with E-state index >= 15 is 0 Å². The van der Waals surface area contributed by atoms with Crippen LogP contribution in [0.5, 0.6) is 5.75 Å². The number of hydrogen-bond acceptors (Lipinski definition) is 4. The molecule has 1 aliphatic carbocycles. The molecule has 5 nitrogen and oxygen atoms in total. The Hall–Kier alpha value is -3.08. The fraction of sp³-hybridized carbons (Fsp3) is 0.333. The third kappa shape index (κ3) is 4.34. The van der Waals surface area contributed by atoms with Crippen LogP contribution in [0.25, 0.3) is 10.9 Å². The van der Waals surface area contributed by atoms with Crippen LogP contribution in [0, 0.1) is 5.92 Å². The summed E-state index contributed by atoms with van der Waals surface area (Å²) in [5.74, 6) is 1.93. The molecule has 0 spiro atoms. The number of anilines is 2. The molecule has 0 bridgehead atoms. The topological polar surface area (TPSA) is 63.2 Å². The number of fused-ring (bicyclic) bond motifs is 1. The van der Waals surface area contributed by atoms with Crippen molar-refractivity contribution in [2.24, 2.45) is 5.92 Å². The van der Waals surface area contributed by atoms with Crippen LogP contribution in [0.1, 0.15) is 43.0 Å². The highest BCUT2D eigenvalue weighted by molar-refractivity contribution is 6.07. The summed E-state index contributed by atoms with van der Waals surface area (Å²) >= 11 is 0. The van der Waals surface area contributed by atoms with Crippen LogP contribution in [0.2, 0.25) is 0 Å². The second kappa shape index (κ2) is 8.52. The highest BCUT2D eigenvalue weighted by atomic mass is 16.5. The zero-order valence-electron chi connectivity index (χ0n) is 16.9. The van der Waals surface area contributed by atoms with E-state index in [1.165, 1.54) is 19.3 Å². The van der Waals surface area contributed by atoms with Crippen LogP contribution in [0.4, 0.5) is 11.5 Å². The molecule has 0 unspecified atom stereocenters. The molecule has 150 valence electrons. The van der Waals surface area contributed by atoms with Gasteiger partial charge in [-0.3, -0.25) is 4.79 Å². The molecule has 1 fully saturated rings. The average Bonchev–Trinajstić information content (AvgIpc) is 2.75. The van der Waals surface area contributed by atoms with Crippen molar-refractivity contribution >= 4 is 28.3 Å². The summed E-state index contributed by atoms with van der Waals surface area (Å²) in [7, 11) is 1.64. The summed E-state index contributed by atoms with van der Waals surface area (Å²) in [6.45, 7) is 2.23. The van der Waals surface area contributed by atoms with Gasteiger partial charge in [0, 0.05) is 17.1 Å². The zero-order valence-corrected chi connectivity index (χ0v) is 16.9. The van der Waals surface area contributed by atoms with Gasteiger partial charge in [-0.15, -0.1) is 0 Å². The van der Waals surface area contributed by atoms with Crippen molar-refractivity contribution in [1.29, 1.82) is 0 Å². The number of amides is 1. The molecule has 1 aromatic heterocycles. The molecule has 0 saturated heterocycles. The first-order valence-corrected chi connectivity index (χ1v) is 10.3. The predicted octanol–water partition coefficient (Wildman–Crippen LogP) is 5.30. The fourth-order valence-electron chi connectivity index (χ4n) is 4.03. The summed E-state index contributed by atoms with van der Waals surface area (Å²) in [6, 6.07) is 17.5. The van der Waals surface area contributed by atoms with Crippen LogP contribution >= 0.6 is 0 Å². The third-order valence-corrected chi connectivity index (χ3v) is 5.75. The number of methoxy groups -OCH3 is 1. The fourth-order valence-corrected chi connectivity index (χ4v) is 4.03. The number of rotatable bonds is 5. The second-order valence-corrected chi connectivity index (χ2v) is 7.77. The Balaban J connectivity index is 1.63. The van der Waals surface area contributed by atoms with Gasteiger partial charge in [-0.25, -0.2) is 4.98 Å². The third-order valence-electron chi connectivity index (χ3n) is 5.75. The van der Waals surface area contributed by atoms with Gasteiger partial charge in [0.1, 0.15) is 11.6 Å². The molecule has 2 atom stereocenters. The van der Waals surface area contributed by atoms with E-state index in [0.717, 1.165) is 28.8 Å². The van der Waals surface area contributed by atoms with Gasteiger partial charge >= 0.3 is 0 Å². The number of para-hydroxylation sites is 1. The molecular formula is C24H27N3O2. The Morgan fingerprint density at radius 1 is 1.07 bits per heavy atom. The van der Waals surface area contributed by atoms with E-state index in [1.54, 1.807) is 7.11 Å². The van der Waals surface area contributed by atoms with Gasteiger partial charge in [-0.2, -0.15) is 0 Å². The molecule has 4 rings (SSSR count). The van der Waals surface area contributed by atoms with Gasteiger partial charge < -0.3 is 15.4 Å². The molecule has 1 heterocycles. The Labute approximate surface area is 171 Å². The number of hydrogen-bond donors (Lipinski definition) is 2. The molecule has 1 saturated carbocycles. The van der Waals surface area contributed by atoms with Crippen molar-refractivity contribution in [3.8, 4) is 5.75 Å². The standard InChI is InChI=1S/C24H27N3O2/c1-16-7-3-5-9-21(16)27-24(28)20-15-23(26-22-10-6-4-8-19(20)22)25-17-11-13-18(29-2)14-12-17/h4,6,8,10-16,21H,3,5,7,9H2,1-2H3,(H,25,26)(H,27,28)/t16-,21-/m0/s1. The average molecular weight is 389 g/mol. The Morgan fingerprint density at radius 3 is 2.59 bits per heavy atom. The van der Waals surface area contributed by atoms with Crippen molar-refractivity contribution in [3.63, 3.8) is 0 Å². The SMILES string of the molecule is COc1ccc(Nc2cc(C(=O)N[C@H]3CCCC[C@@H]3C)c3ccccc3n2)cc1. The first-order valence-electron chi connectivity index (χ1n) is 10.3. The lowest BCUT2D eigenvalue weighted by atomic mass is 9.86. The normalized spacial score (nSPS) is 19.0. The predicted molar refractivity (Wildman–Crippen MR) is 117 cm³/mol. The number of nitrogens with one attached hydrogen (secondary N) is 2. The number of pyridine rings is 1. The molecule has 0 aliphatic heterocycles. The summed E-state index contributed by atoms with van der Waals surface area (Å²) in [6.07, 6.45) is 4.65. The highest BCUT2D eigenvalue weighted by Crippen LogP contribution is 2.27. The minimum absolute atomic E-state index is 0.0277. The molecule has 1 amide bonds. The number of carbonyl (C=O) groups is 1. The minimum atomic E-state index is -0.0277. The quantitative estimate of drug-likeness (QED) is 0.622. The van der Waals surface area contributed by atoms with Crippen LogP contribution in [-0.4, -0.2) is 24.0 Å². The van der Waals surface area contributed by atoms with Gasteiger partial charge in [-0.1, -0.05) is 38.0 Å². The van der Waals surface area contributed by atoms with Crippen molar-refractivity contribution in [3.05, 3.63) is 60.2 Å². The first kappa shape index (κ1) is 19.2. The van der Waals surface area contributed by atoms with Gasteiger partial charge in [0.15, 0.2) is 0 Å². The maximum absolute atomic E-state index is 13.2. The van der Waals surface area contributed by atoms with Gasteiger partial charge in [0.2, 0.25) is 0 Å². The summed E-state index contributed by atoms with van der Waals surface area (Å²) < 4.78 is 5.21. The van der Waals surface area contributed by atoms with E-state index in [0.29, 0.717) is 17.3 Å². The molecule has 5 heteroatoms. The number of ether oxygens (including phenoxy) is 1. The smallest absolute Gasteiger partial charge is 0.252 e. The lowest BCUT2D eigenvalue weighted by Gasteiger charge is -2.29. The van der Waals surface area contributed by atoms with E-state index in [9.17, 15) is 4.79 Å². The van der Waals surface area contributed by atoms with Crippen molar-refractivity contribution < 1.29 is 9.53 Å². The van der Waals surface area contributed by atoms with Crippen LogP contribution < -0.4 is 15.4 Å². The monoisotopic (exact) mass is 389 g/mol. The van der Waals surface area contributed by atoms with E-state index in [-0.39, 0.29) is 11.9 Å². The lowest BCUT2D eigenvalue weighted by Crippen LogP contribution is -2.41. The molecule has 3 aromatic rings. The minimum Gasteiger partial charge on any atom is -0.497 e. The maximum atomic E-state index is 13.2. The summed E-state index contributed by atoms with van der Waals surface area (Å²) in [5.41, 5.74) is 2.35. The number of carbonyl (C=O) groups excluding carboxylic acids is 1. The van der Waals surface area contributed by atoms with Gasteiger partial charge in [0.05, 0.1) is 18.2 Å². The van der Waals surface area contributed by atoms with E-state index < -0.39 is 0 Å². The van der Waals surface area contributed by atoms with E-state index in [1.807, 2.05) is 54.6 Å². The van der Waals surface area contributed by atoms with Crippen LogP contribution in [0.15, 0.2) is 54.6 Å². The zero-order chi connectivity index (χ0) is 20.2. The molecule has 2 N–H and O–H groups in total. The highest BCUT2D eigenvalue weighted by Gasteiger charge is 2.24. The number of aromatic nitrogens is 1. The Kier molecular flexibility index (Phi) is 5.65. The van der Waals surface area contributed by atoms with Crippen LogP contribution in [-0.2, 0) is 0 Å². The largest absolute Gasteiger partial charge is 0.497 e. The van der Waals surface area contributed by atoms with E-state index in [2.05, 4.69) is 17.6 Å². The lowest BCUT2D eigenvalue weighted by molar-refractivity contribution is 0.0912. The Morgan fingerprint density at radius 2 is 1.83 bits per heavy atom. The maximum Gasteiger partial charge on any atom is 0.252 e. The number of nitrogens with zero attached hydrogens (tertiary/aromatic N) is 1. The summed E-state index contributed by atoms with van der Waals surface area (Å²) in [5, 5.41) is 7.45. The molecule has 29 heavy (non-hydrogen) atoms. The molecule has 0 radical (unpaired) electrons.